The van der Waals surface area contributed by atoms with Crippen LogP contribution in [0.1, 0.15) is 26.2 Å². The summed E-state index contributed by atoms with van der Waals surface area (Å²) in [5.74, 6) is 0.767. The Balaban J connectivity index is 2.23. The minimum atomic E-state index is 0.532. The molecule has 1 rings (SSSR count). The zero-order valence-corrected chi connectivity index (χ0v) is 6.26. The van der Waals surface area contributed by atoms with Gasteiger partial charge in [0.1, 0.15) is 0 Å². The van der Waals surface area contributed by atoms with Crippen LogP contribution in [0.5, 0.6) is 0 Å². The van der Waals surface area contributed by atoms with Crippen molar-refractivity contribution in [3.05, 3.63) is 6.42 Å². The lowest BCUT2D eigenvalue weighted by Crippen LogP contribution is -2.20. The van der Waals surface area contributed by atoms with Crippen LogP contribution in [-0.4, -0.2) is 13.2 Å². The zero-order chi connectivity index (χ0) is 6.69. The maximum atomic E-state index is 5.24. The van der Waals surface area contributed by atoms with E-state index in [0.29, 0.717) is 6.10 Å². The molecule has 1 radical (unpaired) electrons. The molecule has 0 heterocycles. The maximum absolute atomic E-state index is 5.24. The van der Waals surface area contributed by atoms with Gasteiger partial charge in [-0.05, 0) is 31.6 Å². The van der Waals surface area contributed by atoms with Gasteiger partial charge in [-0.3, -0.25) is 0 Å². The van der Waals surface area contributed by atoms with Crippen molar-refractivity contribution in [2.45, 2.75) is 32.3 Å². The molecule has 0 saturated heterocycles. The molecular weight excluding hydrogens is 112 g/mol. The highest BCUT2D eigenvalue weighted by atomic mass is 16.5. The van der Waals surface area contributed by atoms with Crippen molar-refractivity contribution in [1.29, 1.82) is 0 Å². The highest BCUT2D eigenvalue weighted by molar-refractivity contribution is 4.82. The van der Waals surface area contributed by atoms with E-state index in [4.69, 9.17) is 4.74 Å². The third kappa shape index (κ3) is 1.98. The van der Waals surface area contributed by atoms with Crippen LogP contribution < -0.4 is 0 Å². The molecule has 0 spiro atoms. The van der Waals surface area contributed by atoms with Gasteiger partial charge in [-0.25, -0.2) is 0 Å². The Bertz CT molecular complexity index is 80.6. The third-order valence-electron chi connectivity index (χ3n) is 2.03. The van der Waals surface area contributed by atoms with Crippen LogP contribution >= 0.6 is 0 Å². The molecule has 1 saturated carbocycles. The first kappa shape index (κ1) is 7.07. The molecule has 0 aromatic heterocycles. The molecule has 1 aliphatic rings. The summed E-state index contributed by atoms with van der Waals surface area (Å²) in [6, 6.07) is 0. The van der Waals surface area contributed by atoms with Crippen LogP contribution in [0, 0.1) is 12.3 Å². The van der Waals surface area contributed by atoms with Crippen molar-refractivity contribution in [1.82, 2.24) is 0 Å². The molecule has 1 heteroatoms. The molecule has 1 nitrogen and oxygen atoms in total. The van der Waals surface area contributed by atoms with Crippen LogP contribution in [-0.2, 0) is 4.74 Å². The fraction of sp³-hybridized carbons (Fsp3) is 0.875. The van der Waals surface area contributed by atoms with Gasteiger partial charge >= 0.3 is 0 Å². The van der Waals surface area contributed by atoms with Gasteiger partial charge in [-0.1, -0.05) is 6.92 Å². The Morgan fingerprint density at radius 3 is 2.78 bits per heavy atom. The first-order valence-electron chi connectivity index (χ1n) is 3.69. The minimum Gasteiger partial charge on any atom is -0.381 e. The monoisotopic (exact) mass is 127 g/mol. The van der Waals surface area contributed by atoms with E-state index in [-0.39, 0.29) is 0 Å². The van der Waals surface area contributed by atoms with Gasteiger partial charge in [0.05, 0.1) is 6.10 Å². The van der Waals surface area contributed by atoms with Crippen LogP contribution in [0.25, 0.3) is 0 Å². The average Bonchev–Trinajstić information content (AvgIpc) is 1.88. The molecule has 0 bridgehead atoms. The minimum absolute atomic E-state index is 0.532. The standard InChI is InChI=1S/C8H15O/c1-7-4-3-5-8(6-7)9-2/h4,7-8H,3,5-6H2,1-2H3. The van der Waals surface area contributed by atoms with Crippen molar-refractivity contribution >= 4 is 0 Å². The number of hydrogen-bond donors (Lipinski definition) is 0. The Morgan fingerprint density at radius 2 is 2.33 bits per heavy atom. The number of methoxy groups -OCH3 is 1. The van der Waals surface area contributed by atoms with Gasteiger partial charge in [-0.15, -0.1) is 0 Å². The quantitative estimate of drug-likeness (QED) is 0.523. The molecule has 0 aromatic carbocycles. The van der Waals surface area contributed by atoms with Gasteiger partial charge in [0.15, 0.2) is 0 Å². The molecular formula is C8H15O. The Labute approximate surface area is 57.4 Å². The fourth-order valence-electron chi connectivity index (χ4n) is 1.41. The van der Waals surface area contributed by atoms with E-state index < -0.39 is 0 Å². The summed E-state index contributed by atoms with van der Waals surface area (Å²) in [5.41, 5.74) is 0. The van der Waals surface area contributed by atoms with Gasteiger partial charge in [0, 0.05) is 7.11 Å². The van der Waals surface area contributed by atoms with Crippen molar-refractivity contribution in [3.63, 3.8) is 0 Å². The highest BCUT2D eigenvalue weighted by Crippen LogP contribution is 2.23. The second-order valence-corrected chi connectivity index (χ2v) is 2.88. The zero-order valence-electron chi connectivity index (χ0n) is 6.26. The lowest BCUT2D eigenvalue weighted by molar-refractivity contribution is 0.0667. The summed E-state index contributed by atoms with van der Waals surface area (Å²) in [6.45, 7) is 2.26. The summed E-state index contributed by atoms with van der Waals surface area (Å²) in [5, 5.41) is 0. The average molecular weight is 127 g/mol. The first-order valence-corrected chi connectivity index (χ1v) is 3.69. The second kappa shape index (κ2) is 3.21. The predicted molar refractivity (Wildman–Crippen MR) is 38.1 cm³/mol. The maximum Gasteiger partial charge on any atom is 0.0574 e. The molecule has 2 atom stereocenters. The van der Waals surface area contributed by atoms with Crippen molar-refractivity contribution < 1.29 is 4.74 Å². The molecule has 0 N–H and O–H groups in total. The van der Waals surface area contributed by atoms with Crippen LogP contribution in [0.4, 0.5) is 0 Å². The van der Waals surface area contributed by atoms with Crippen LogP contribution in [0.15, 0.2) is 0 Å². The Morgan fingerprint density at radius 1 is 1.56 bits per heavy atom. The largest absolute Gasteiger partial charge is 0.381 e. The van der Waals surface area contributed by atoms with Gasteiger partial charge in [-0.2, -0.15) is 0 Å². The van der Waals surface area contributed by atoms with Gasteiger partial charge in [0.2, 0.25) is 0 Å². The third-order valence-corrected chi connectivity index (χ3v) is 2.03. The molecule has 0 aliphatic heterocycles. The van der Waals surface area contributed by atoms with Gasteiger partial charge < -0.3 is 4.74 Å². The van der Waals surface area contributed by atoms with E-state index >= 15 is 0 Å². The fourth-order valence-corrected chi connectivity index (χ4v) is 1.41. The van der Waals surface area contributed by atoms with Crippen molar-refractivity contribution in [2.24, 2.45) is 5.92 Å². The van der Waals surface area contributed by atoms with Crippen molar-refractivity contribution in [3.8, 4) is 0 Å². The topological polar surface area (TPSA) is 9.23 Å². The SMILES string of the molecule is COC1CC[CH]C(C)C1. The molecule has 53 valence electrons. The molecule has 0 amide bonds. The van der Waals surface area contributed by atoms with E-state index in [1.807, 2.05) is 7.11 Å². The summed E-state index contributed by atoms with van der Waals surface area (Å²) in [7, 11) is 1.81. The molecule has 0 aromatic rings. The lowest BCUT2D eigenvalue weighted by atomic mass is 9.89. The number of ether oxygens (including phenoxy) is 1. The molecule has 1 aliphatic carbocycles. The number of hydrogen-bond acceptors (Lipinski definition) is 1. The molecule has 2 unspecified atom stereocenters. The van der Waals surface area contributed by atoms with E-state index in [0.717, 1.165) is 5.92 Å². The Hall–Kier alpha value is -0.0400. The highest BCUT2D eigenvalue weighted by Gasteiger charge is 2.17. The normalized spacial score (nSPS) is 36.7. The molecule has 1 fully saturated rings. The summed E-state index contributed by atoms with van der Waals surface area (Å²) < 4.78 is 5.24. The summed E-state index contributed by atoms with van der Waals surface area (Å²) in [4.78, 5) is 0. The summed E-state index contributed by atoms with van der Waals surface area (Å²) >= 11 is 0. The Kier molecular flexibility index (Phi) is 2.52. The smallest absolute Gasteiger partial charge is 0.0574 e. The predicted octanol–water partition coefficient (Wildman–Crippen LogP) is 2.03. The molecule has 9 heavy (non-hydrogen) atoms. The van der Waals surface area contributed by atoms with E-state index in [9.17, 15) is 0 Å². The van der Waals surface area contributed by atoms with Crippen LogP contribution in [0.2, 0.25) is 0 Å². The lowest BCUT2D eigenvalue weighted by Gasteiger charge is -2.24. The van der Waals surface area contributed by atoms with E-state index in [2.05, 4.69) is 13.3 Å². The van der Waals surface area contributed by atoms with E-state index in [1.165, 1.54) is 19.3 Å². The first-order chi connectivity index (χ1) is 4.33. The van der Waals surface area contributed by atoms with Gasteiger partial charge in [0.25, 0.3) is 0 Å². The second-order valence-electron chi connectivity index (χ2n) is 2.88. The van der Waals surface area contributed by atoms with Crippen LogP contribution in [0.3, 0.4) is 0 Å². The number of rotatable bonds is 1. The van der Waals surface area contributed by atoms with E-state index in [1.54, 1.807) is 0 Å². The summed E-state index contributed by atoms with van der Waals surface area (Å²) in [6.07, 6.45) is 6.59. The van der Waals surface area contributed by atoms with Crippen molar-refractivity contribution in [2.75, 3.05) is 7.11 Å².